The molecule has 0 rings (SSSR count). The van der Waals surface area contributed by atoms with Crippen LogP contribution < -0.4 is 0 Å². The van der Waals surface area contributed by atoms with Crippen molar-refractivity contribution < 1.29 is 0 Å². The highest BCUT2D eigenvalue weighted by molar-refractivity contribution is 6.20. The van der Waals surface area contributed by atoms with Gasteiger partial charge in [-0.05, 0) is 34.6 Å². The molecule has 0 heterocycles. The van der Waals surface area contributed by atoms with E-state index in [9.17, 15) is 0 Å². The third-order valence-corrected chi connectivity index (χ3v) is 1.74. The van der Waals surface area contributed by atoms with Crippen LogP contribution in [0.15, 0.2) is 0 Å². The van der Waals surface area contributed by atoms with Gasteiger partial charge in [-0.15, -0.1) is 11.6 Å². The molecule has 0 aliphatic heterocycles. The van der Waals surface area contributed by atoms with Crippen molar-refractivity contribution in [1.82, 2.24) is 4.90 Å². The summed E-state index contributed by atoms with van der Waals surface area (Å²) in [6.45, 7) is 12.3. The van der Waals surface area contributed by atoms with Crippen LogP contribution in [0.5, 0.6) is 0 Å². The number of halogens is 1. The van der Waals surface area contributed by atoms with Gasteiger partial charge < -0.3 is 0 Å². The molecule has 0 fully saturated rings. The fraction of sp³-hybridized carbons (Fsp3) is 0.875. The predicted molar refractivity (Wildman–Crippen MR) is 47.1 cm³/mol. The van der Waals surface area contributed by atoms with Crippen LogP contribution in [0.25, 0.3) is 0 Å². The standard InChI is InChI=1S/C8H17ClN/c1-6(2)10(7(3)4)8(5)9/h6-8H,5H2,1-4H3. The number of nitrogens with zero attached hydrogens (tertiary/aromatic N) is 1. The Balaban J connectivity index is 3.98. The van der Waals surface area contributed by atoms with E-state index in [1.807, 2.05) is 0 Å². The SMILES string of the molecule is [CH2]C(Cl)N(C(C)C)C(C)C. The fourth-order valence-electron chi connectivity index (χ4n) is 1.24. The van der Waals surface area contributed by atoms with Gasteiger partial charge in [0.1, 0.15) is 0 Å². The third-order valence-electron chi connectivity index (χ3n) is 1.52. The number of hydrogen-bond acceptors (Lipinski definition) is 1. The average molecular weight is 163 g/mol. The van der Waals surface area contributed by atoms with Crippen molar-refractivity contribution in [3.8, 4) is 0 Å². The molecule has 1 nitrogen and oxygen atoms in total. The average Bonchev–Trinajstić information content (AvgIpc) is 1.59. The van der Waals surface area contributed by atoms with Crippen LogP contribution in [-0.2, 0) is 0 Å². The van der Waals surface area contributed by atoms with Crippen molar-refractivity contribution in [3.05, 3.63) is 6.92 Å². The van der Waals surface area contributed by atoms with Crippen LogP contribution in [0.1, 0.15) is 27.7 Å². The van der Waals surface area contributed by atoms with Gasteiger partial charge in [0, 0.05) is 12.1 Å². The minimum Gasteiger partial charge on any atom is -0.283 e. The first-order valence-corrected chi connectivity index (χ1v) is 4.15. The number of rotatable bonds is 3. The molecule has 2 heteroatoms. The molecule has 0 N–H and O–H groups in total. The Morgan fingerprint density at radius 2 is 1.40 bits per heavy atom. The molecular weight excluding hydrogens is 146 g/mol. The molecule has 0 saturated carbocycles. The van der Waals surface area contributed by atoms with Crippen LogP contribution in [0.3, 0.4) is 0 Å². The van der Waals surface area contributed by atoms with Gasteiger partial charge in [0.15, 0.2) is 0 Å². The topological polar surface area (TPSA) is 3.24 Å². The van der Waals surface area contributed by atoms with Gasteiger partial charge >= 0.3 is 0 Å². The van der Waals surface area contributed by atoms with Gasteiger partial charge in [-0.3, -0.25) is 4.90 Å². The van der Waals surface area contributed by atoms with Gasteiger partial charge in [0.25, 0.3) is 0 Å². The maximum atomic E-state index is 5.85. The van der Waals surface area contributed by atoms with Crippen molar-refractivity contribution >= 4 is 11.6 Å². The Morgan fingerprint density at radius 1 is 1.10 bits per heavy atom. The molecule has 1 atom stereocenters. The molecule has 0 aliphatic rings. The van der Waals surface area contributed by atoms with Crippen LogP contribution in [0.2, 0.25) is 0 Å². The van der Waals surface area contributed by atoms with Gasteiger partial charge in [-0.2, -0.15) is 0 Å². The van der Waals surface area contributed by atoms with E-state index in [1.54, 1.807) is 0 Å². The van der Waals surface area contributed by atoms with Gasteiger partial charge in [-0.1, -0.05) is 0 Å². The van der Waals surface area contributed by atoms with Crippen molar-refractivity contribution in [3.63, 3.8) is 0 Å². The second kappa shape index (κ2) is 4.20. The second-order valence-corrected chi connectivity index (χ2v) is 3.57. The van der Waals surface area contributed by atoms with Gasteiger partial charge in [0.05, 0.1) is 5.50 Å². The molecule has 0 bridgehead atoms. The zero-order valence-electron chi connectivity index (χ0n) is 7.26. The molecule has 0 aromatic heterocycles. The van der Waals surface area contributed by atoms with Crippen LogP contribution >= 0.6 is 11.6 Å². The summed E-state index contributed by atoms with van der Waals surface area (Å²) in [7, 11) is 0. The third kappa shape index (κ3) is 2.89. The molecule has 1 unspecified atom stereocenters. The van der Waals surface area contributed by atoms with E-state index in [1.165, 1.54) is 0 Å². The Morgan fingerprint density at radius 3 is 1.40 bits per heavy atom. The summed E-state index contributed by atoms with van der Waals surface area (Å²) < 4.78 is 0. The lowest BCUT2D eigenvalue weighted by Crippen LogP contribution is -2.41. The molecule has 10 heavy (non-hydrogen) atoms. The van der Waals surface area contributed by atoms with E-state index in [2.05, 4.69) is 39.5 Å². The normalized spacial score (nSPS) is 15.3. The van der Waals surface area contributed by atoms with E-state index < -0.39 is 0 Å². The molecule has 0 aliphatic carbocycles. The number of hydrogen-bond donors (Lipinski definition) is 0. The van der Waals surface area contributed by atoms with Gasteiger partial charge in [-0.25, -0.2) is 0 Å². The lowest BCUT2D eigenvalue weighted by atomic mass is 10.2. The summed E-state index contributed by atoms with van der Waals surface area (Å²) in [4.78, 5) is 2.15. The lowest BCUT2D eigenvalue weighted by molar-refractivity contribution is 0.176. The summed E-state index contributed by atoms with van der Waals surface area (Å²) in [5.74, 6) is 0. The smallest absolute Gasteiger partial charge is 0.0855 e. The first-order valence-electron chi connectivity index (χ1n) is 3.71. The monoisotopic (exact) mass is 162 g/mol. The highest BCUT2D eigenvalue weighted by Gasteiger charge is 2.17. The summed E-state index contributed by atoms with van der Waals surface area (Å²) in [5, 5.41) is 0. The van der Waals surface area contributed by atoms with Crippen molar-refractivity contribution in [2.24, 2.45) is 0 Å². The Kier molecular flexibility index (Phi) is 4.30. The summed E-state index contributed by atoms with van der Waals surface area (Å²) >= 11 is 5.85. The largest absolute Gasteiger partial charge is 0.283 e. The maximum absolute atomic E-state index is 5.85. The zero-order chi connectivity index (χ0) is 8.31. The maximum Gasteiger partial charge on any atom is 0.0855 e. The lowest BCUT2D eigenvalue weighted by Gasteiger charge is -2.32. The highest BCUT2D eigenvalue weighted by Crippen LogP contribution is 2.12. The Bertz CT molecular complexity index is 70.2. The molecule has 61 valence electrons. The molecule has 1 radical (unpaired) electrons. The minimum absolute atomic E-state index is 0.111. The minimum atomic E-state index is -0.111. The quantitative estimate of drug-likeness (QED) is 0.456. The highest BCUT2D eigenvalue weighted by atomic mass is 35.5. The molecule has 0 spiro atoms. The van der Waals surface area contributed by atoms with E-state index >= 15 is 0 Å². The molecule has 0 aromatic rings. The first kappa shape index (κ1) is 10.2. The summed E-state index contributed by atoms with van der Waals surface area (Å²) in [5.41, 5.74) is -0.111. The molecule has 0 amide bonds. The summed E-state index contributed by atoms with van der Waals surface area (Å²) in [6, 6.07) is 0.944. The van der Waals surface area contributed by atoms with E-state index in [0.717, 1.165) is 0 Å². The number of alkyl halides is 1. The fourth-order valence-corrected chi connectivity index (χ4v) is 1.69. The van der Waals surface area contributed by atoms with Crippen LogP contribution in [-0.4, -0.2) is 22.5 Å². The first-order chi connectivity index (χ1) is 4.46. The Hall–Kier alpha value is 0.250. The second-order valence-electron chi connectivity index (χ2n) is 3.07. The van der Waals surface area contributed by atoms with Crippen LogP contribution in [0.4, 0.5) is 0 Å². The van der Waals surface area contributed by atoms with E-state index in [4.69, 9.17) is 11.6 Å². The Labute approximate surface area is 69.4 Å². The molecular formula is C8H17ClN. The van der Waals surface area contributed by atoms with E-state index in [-0.39, 0.29) is 5.50 Å². The summed E-state index contributed by atoms with van der Waals surface area (Å²) in [6.07, 6.45) is 0. The van der Waals surface area contributed by atoms with Crippen molar-refractivity contribution in [1.29, 1.82) is 0 Å². The van der Waals surface area contributed by atoms with Crippen molar-refractivity contribution in [2.75, 3.05) is 0 Å². The van der Waals surface area contributed by atoms with Crippen LogP contribution in [0, 0.1) is 6.92 Å². The van der Waals surface area contributed by atoms with Crippen molar-refractivity contribution in [2.45, 2.75) is 45.3 Å². The predicted octanol–water partition coefficient (Wildman–Crippen LogP) is 2.50. The van der Waals surface area contributed by atoms with E-state index in [0.29, 0.717) is 12.1 Å². The molecule has 0 saturated heterocycles. The van der Waals surface area contributed by atoms with Gasteiger partial charge in [0.2, 0.25) is 0 Å². The molecule has 0 aromatic carbocycles. The zero-order valence-corrected chi connectivity index (χ0v) is 8.02.